The standard InChI is InChI=1S/C16H19N3O3S/c1-23(21,22)15-4-2-12(3-5-15)9-18-16(20)13-6-7-19-11-17-10-14(19)8-13/h2-5,10-11,13H,6-9H2,1H3,(H,18,20). The van der Waals surface area contributed by atoms with Gasteiger partial charge in [0.1, 0.15) is 0 Å². The van der Waals surface area contributed by atoms with Gasteiger partial charge in [0, 0.05) is 43.6 Å². The van der Waals surface area contributed by atoms with Crippen LogP contribution in [0.2, 0.25) is 0 Å². The summed E-state index contributed by atoms with van der Waals surface area (Å²) >= 11 is 0. The summed E-state index contributed by atoms with van der Waals surface area (Å²) in [5.41, 5.74) is 1.97. The van der Waals surface area contributed by atoms with Crippen molar-refractivity contribution < 1.29 is 13.2 Å². The number of carbonyl (C=O) groups is 1. The summed E-state index contributed by atoms with van der Waals surface area (Å²) in [6, 6.07) is 6.59. The molecule has 1 unspecified atom stereocenters. The highest BCUT2D eigenvalue weighted by Crippen LogP contribution is 2.20. The minimum absolute atomic E-state index is 0.0321. The van der Waals surface area contributed by atoms with Crippen LogP contribution in [0.1, 0.15) is 17.7 Å². The van der Waals surface area contributed by atoms with E-state index in [1.165, 1.54) is 6.26 Å². The third-order valence-electron chi connectivity index (χ3n) is 4.16. The molecular weight excluding hydrogens is 314 g/mol. The number of fused-ring (bicyclic) bond motifs is 1. The van der Waals surface area contributed by atoms with Crippen LogP contribution in [0.15, 0.2) is 41.7 Å². The summed E-state index contributed by atoms with van der Waals surface area (Å²) < 4.78 is 24.9. The van der Waals surface area contributed by atoms with Gasteiger partial charge in [-0.25, -0.2) is 13.4 Å². The Hall–Kier alpha value is -2.15. The maximum Gasteiger partial charge on any atom is 0.223 e. The van der Waals surface area contributed by atoms with Crippen molar-refractivity contribution in [3.63, 3.8) is 0 Å². The lowest BCUT2D eigenvalue weighted by Gasteiger charge is -2.23. The van der Waals surface area contributed by atoms with Gasteiger partial charge >= 0.3 is 0 Å². The van der Waals surface area contributed by atoms with Gasteiger partial charge in [0.15, 0.2) is 9.84 Å². The van der Waals surface area contributed by atoms with Crippen molar-refractivity contribution in [1.29, 1.82) is 0 Å². The summed E-state index contributed by atoms with van der Waals surface area (Å²) in [4.78, 5) is 16.7. The van der Waals surface area contributed by atoms with Crippen LogP contribution in [0.25, 0.3) is 0 Å². The predicted molar refractivity (Wildman–Crippen MR) is 85.4 cm³/mol. The molecule has 1 aromatic heterocycles. The first-order valence-electron chi connectivity index (χ1n) is 7.49. The number of carbonyl (C=O) groups excluding carboxylic acids is 1. The van der Waals surface area contributed by atoms with Crippen LogP contribution >= 0.6 is 0 Å². The number of benzene rings is 1. The van der Waals surface area contributed by atoms with E-state index < -0.39 is 9.84 Å². The summed E-state index contributed by atoms with van der Waals surface area (Å²) in [6.07, 6.45) is 6.30. The molecule has 0 aliphatic carbocycles. The van der Waals surface area contributed by atoms with Gasteiger partial charge in [-0.2, -0.15) is 0 Å². The summed E-state index contributed by atoms with van der Waals surface area (Å²) in [5.74, 6) is -0.000803. The van der Waals surface area contributed by atoms with Crippen LogP contribution < -0.4 is 5.32 Å². The van der Waals surface area contributed by atoms with Gasteiger partial charge in [-0.05, 0) is 24.1 Å². The topological polar surface area (TPSA) is 81.1 Å². The smallest absolute Gasteiger partial charge is 0.223 e. The Morgan fingerprint density at radius 3 is 2.78 bits per heavy atom. The average molecular weight is 333 g/mol. The quantitative estimate of drug-likeness (QED) is 0.910. The SMILES string of the molecule is CS(=O)(=O)c1ccc(CNC(=O)C2CCn3cncc3C2)cc1. The lowest BCUT2D eigenvalue weighted by molar-refractivity contribution is -0.125. The minimum Gasteiger partial charge on any atom is -0.352 e. The molecule has 1 atom stereocenters. The van der Waals surface area contributed by atoms with Crippen molar-refractivity contribution in [2.75, 3.05) is 6.26 Å². The van der Waals surface area contributed by atoms with Gasteiger partial charge in [-0.3, -0.25) is 4.79 Å². The highest BCUT2D eigenvalue weighted by Gasteiger charge is 2.24. The van der Waals surface area contributed by atoms with Crippen LogP contribution in [0.3, 0.4) is 0 Å². The molecule has 0 saturated heterocycles. The number of nitrogens with one attached hydrogen (secondary N) is 1. The Balaban J connectivity index is 1.57. The number of imidazole rings is 1. The Labute approximate surface area is 135 Å². The Morgan fingerprint density at radius 2 is 2.09 bits per heavy atom. The maximum atomic E-state index is 12.3. The van der Waals surface area contributed by atoms with Crippen LogP contribution in [0, 0.1) is 5.92 Å². The first kappa shape index (κ1) is 15.7. The van der Waals surface area contributed by atoms with Gasteiger partial charge < -0.3 is 9.88 Å². The first-order valence-corrected chi connectivity index (χ1v) is 9.38. The number of hydrogen-bond donors (Lipinski definition) is 1. The zero-order valence-electron chi connectivity index (χ0n) is 12.9. The van der Waals surface area contributed by atoms with E-state index in [4.69, 9.17) is 0 Å². The number of amides is 1. The van der Waals surface area contributed by atoms with Crippen molar-refractivity contribution in [3.8, 4) is 0 Å². The Bertz CT molecular complexity index is 809. The van der Waals surface area contributed by atoms with E-state index >= 15 is 0 Å². The third kappa shape index (κ3) is 3.61. The second-order valence-corrected chi connectivity index (χ2v) is 7.92. The van der Waals surface area contributed by atoms with E-state index in [1.54, 1.807) is 30.6 Å². The molecule has 1 aromatic carbocycles. The van der Waals surface area contributed by atoms with Crippen molar-refractivity contribution in [2.24, 2.45) is 5.92 Å². The van der Waals surface area contributed by atoms with Gasteiger partial charge in [0.05, 0.1) is 11.2 Å². The second-order valence-electron chi connectivity index (χ2n) is 5.90. The predicted octanol–water partition coefficient (Wildman–Crippen LogP) is 1.17. The molecule has 6 nitrogen and oxygen atoms in total. The summed E-state index contributed by atoms with van der Waals surface area (Å²) in [7, 11) is -3.19. The Morgan fingerprint density at radius 1 is 1.35 bits per heavy atom. The fraction of sp³-hybridized carbons (Fsp3) is 0.375. The number of aryl methyl sites for hydroxylation is 1. The van der Waals surface area contributed by atoms with E-state index in [0.29, 0.717) is 13.0 Å². The first-order chi connectivity index (χ1) is 10.9. The van der Waals surface area contributed by atoms with Gasteiger partial charge in [-0.15, -0.1) is 0 Å². The average Bonchev–Trinajstić information content (AvgIpc) is 2.99. The van der Waals surface area contributed by atoms with E-state index in [9.17, 15) is 13.2 Å². The molecule has 122 valence electrons. The van der Waals surface area contributed by atoms with Gasteiger partial charge in [0.2, 0.25) is 5.91 Å². The maximum absolute atomic E-state index is 12.3. The van der Waals surface area contributed by atoms with Gasteiger partial charge in [-0.1, -0.05) is 12.1 Å². The fourth-order valence-corrected chi connectivity index (χ4v) is 3.41. The minimum atomic E-state index is -3.19. The van der Waals surface area contributed by atoms with Crippen LogP contribution in [0.4, 0.5) is 0 Å². The van der Waals surface area contributed by atoms with E-state index in [2.05, 4.69) is 14.9 Å². The monoisotopic (exact) mass is 333 g/mol. The fourth-order valence-electron chi connectivity index (χ4n) is 2.78. The summed E-state index contributed by atoms with van der Waals surface area (Å²) in [5, 5.41) is 2.93. The molecule has 0 spiro atoms. The highest BCUT2D eigenvalue weighted by molar-refractivity contribution is 7.90. The molecule has 0 bridgehead atoms. The number of hydrogen-bond acceptors (Lipinski definition) is 4. The molecule has 0 fully saturated rings. The van der Waals surface area contributed by atoms with Crippen LogP contribution in [-0.2, 0) is 34.1 Å². The van der Waals surface area contributed by atoms with Crippen molar-refractivity contribution in [2.45, 2.75) is 30.8 Å². The molecular formula is C16H19N3O3S. The van der Waals surface area contributed by atoms with Gasteiger partial charge in [0.25, 0.3) is 0 Å². The molecule has 23 heavy (non-hydrogen) atoms. The molecule has 1 N–H and O–H groups in total. The molecule has 1 aliphatic rings. The zero-order valence-corrected chi connectivity index (χ0v) is 13.7. The normalized spacial score (nSPS) is 17.5. The van der Waals surface area contributed by atoms with Crippen molar-refractivity contribution >= 4 is 15.7 Å². The highest BCUT2D eigenvalue weighted by atomic mass is 32.2. The number of aromatic nitrogens is 2. The molecule has 3 rings (SSSR count). The molecule has 2 heterocycles. The second kappa shape index (κ2) is 6.16. The van der Waals surface area contributed by atoms with Crippen LogP contribution in [0.5, 0.6) is 0 Å². The molecule has 0 saturated carbocycles. The Kier molecular flexibility index (Phi) is 4.21. The third-order valence-corrected chi connectivity index (χ3v) is 5.29. The van der Waals surface area contributed by atoms with E-state index in [0.717, 1.165) is 24.2 Å². The number of sulfone groups is 1. The lowest BCUT2D eigenvalue weighted by atomic mass is 9.95. The lowest BCUT2D eigenvalue weighted by Crippen LogP contribution is -2.34. The molecule has 1 aliphatic heterocycles. The number of nitrogens with zero attached hydrogens (tertiary/aromatic N) is 2. The largest absolute Gasteiger partial charge is 0.352 e. The van der Waals surface area contributed by atoms with E-state index in [1.807, 2.05) is 6.20 Å². The summed E-state index contributed by atoms with van der Waals surface area (Å²) in [6.45, 7) is 1.22. The molecule has 1 amide bonds. The van der Waals surface area contributed by atoms with Crippen molar-refractivity contribution in [1.82, 2.24) is 14.9 Å². The van der Waals surface area contributed by atoms with Crippen molar-refractivity contribution in [3.05, 3.63) is 48.0 Å². The molecule has 2 aromatic rings. The van der Waals surface area contributed by atoms with E-state index in [-0.39, 0.29) is 16.7 Å². The van der Waals surface area contributed by atoms with Crippen LogP contribution in [-0.4, -0.2) is 30.1 Å². The zero-order chi connectivity index (χ0) is 16.4. The number of rotatable bonds is 4. The molecule has 0 radical (unpaired) electrons. The molecule has 7 heteroatoms.